The van der Waals surface area contributed by atoms with Crippen LogP contribution in [0.4, 0.5) is 0 Å². The van der Waals surface area contributed by atoms with Crippen molar-refractivity contribution in [2.45, 2.75) is 13.5 Å². The fourth-order valence-corrected chi connectivity index (χ4v) is 2.47. The number of nitrogens with one attached hydrogen (secondary N) is 1. The van der Waals surface area contributed by atoms with E-state index < -0.39 is 0 Å². The number of amidine groups is 1. The molecular weight excluding hydrogens is 232 g/mol. The van der Waals surface area contributed by atoms with Crippen LogP contribution in [-0.4, -0.2) is 24.6 Å². The van der Waals surface area contributed by atoms with Gasteiger partial charge in [-0.25, -0.2) is 0 Å². The third kappa shape index (κ3) is 3.66. The molecule has 92 valence electrons. The molecule has 0 aromatic heterocycles. The number of aliphatic imine (C=N–C) groups is 1. The van der Waals surface area contributed by atoms with Crippen LogP contribution >= 0.6 is 11.8 Å². The van der Waals surface area contributed by atoms with Gasteiger partial charge < -0.3 is 10.1 Å². The zero-order valence-corrected chi connectivity index (χ0v) is 11.1. The van der Waals surface area contributed by atoms with Gasteiger partial charge in [0.05, 0.1) is 7.11 Å². The molecule has 1 atom stereocenters. The SMILES string of the molecule is COc1ccc(CNC2=NCC(C)CS2)cc1. The van der Waals surface area contributed by atoms with Gasteiger partial charge in [0, 0.05) is 18.8 Å². The minimum Gasteiger partial charge on any atom is -0.497 e. The molecule has 1 aromatic carbocycles. The summed E-state index contributed by atoms with van der Waals surface area (Å²) in [5, 5.41) is 4.44. The molecule has 0 saturated heterocycles. The standard InChI is InChI=1S/C13H18N2OS/c1-10-7-14-13(17-9-10)15-8-11-3-5-12(16-2)6-4-11/h3-6,10H,7-9H2,1-2H3,(H,14,15). The lowest BCUT2D eigenvalue weighted by Gasteiger charge is -2.17. The van der Waals surface area contributed by atoms with Crippen molar-refractivity contribution in [2.75, 3.05) is 19.4 Å². The highest BCUT2D eigenvalue weighted by Crippen LogP contribution is 2.16. The molecule has 17 heavy (non-hydrogen) atoms. The van der Waals surface area contributed by atoms with Gasteiger partial charge in [0.15, 0.2) is 5.17 Å². The Balaban J connectivity index is 1.85. The van der Waals surface area contributed by atoms with Crippen LogP contribution in [0.5, 0.6) is 5.75 Å². The second-order valence-corrected chi connectivity index (χ2v) is 5.27. The fraction of sp³-hybridized carbons (Fsp3) is 0.462. The molecule has 1 heterocycles. The van der Waals surface area contributed by atoms with Crippen LogP contribution in [-0.2, 0) is 6.54 Å². The van der Waals surface area contributed by atoms with Crippen molar-refractivity contribution in [1.82, 2.24) is 5.32 Å². The monoisotopic (exact) mass is 250 g/mol. The maximum absolute atomic E-state index is 5.13. The smallest absolute Gasteiger partial charge is 0.156 e. The minimum atomic E-state index is 0.700. The van der Waals surface area contributed by atoms with Crippen LogP contribution in [0.15, 0.2) is 29.3 Å². The van der Waals surface area contributed by atoms with Gasteiger partial charge in [-0.15, -0.1) is 0 Å². The van der Waals surface area contributed by atoms with Crippen molar-refractivity contribution in [1.29, 1.82) is 0 Å². The minimum absolute atomic E-state index is 0.700. The van der Waals surface area contributed by atoms with Crippen LogP contribution in [0.2, 0.25) is 0 Å². The number of hydrogen-bond donors (Lipinski definition) is 1. The van der Waals surface area contributed by atoms with Gasteiger partial charge in [-0.3, -0.25) is 4.99 Å². The number of hydrogen-bond acceptors (Lipinski definition) is 4. The Bertz CT molecular complexity index is 389. The Morgan fingerprint density at radius 1 is 1.41 bits per heavy atom. The van der Waals surface area contributed by atoms with E-state index in [0.717, 1.165) is 29.8 Å². The van der Waals surface area contributed by atoms with Crippen molar-refractivity contribution in [3.05, 3.63) is 29.8 Å². The summed E-state index contributed by atoms with van der Waals surface area (Å²) >= 11 is 1.81. The first kappa shape index (κ1) is 12.3. The van der Waals surface area contributed by atoms with Gasteiger partial charge in [0.2, 0.25) is 0 Å². The molecule has 0 radical (unpaired) electrons. The second kappa shape index (κ2) is 5.96. The molecule has 0 saturated carbocycles. The van der Waals surface area contributed by atoms with Crippen molar-refractivity contribution in [3.8, 4) is 5.75 Å². The lowest BCUT2D eigenvalue weighted by Crippen LogP contribution is -2.25. The van der Waals surface area contributed by atoms with Crippen LogP contribution < -0.4 is 10.1 Å². The van der Waals surface area contributed by atoms with Crippen molar-refractivity contribution in [3.63, 3.8) is 0 Å². The van der Waals surface area contributed by atoms with E-state index in [1.165, 1.54) is 5.56 Å². The number of benzene rings is 1. The average Bonchev–Trinajstić information content (AvgIpc) is 2.39. The summed E-state index contributed by atoms with van der Waals surface area (Å²) in [5.41, 5.74) is 1.24. The molecule has 2 rings (SSSR count). The van der Waals surface area contributed by atoms with E-state index in [1.54, 1.807) is 7.11 Å². The van der Waals surface area contributed by atoms with Gasteiger partial charge in [0.25, 0.3) is 0 Å². The van der Waals surface area contributed by atoms with E-state index in [-0.39, 0.29) is 0 Å². The first-order valence-electron chi connectivity index (χ1n) is 5.82. The van der Waals surface area contributed by atoms with Crippen LogP contribution in [0.25, 0.3) is 0 Å². The highest BCUT2D eigenvalue weighted by molar-refractivity contribution is 8.13. The summed E-state index contributed by atoms with van der Waals surface area (Å²) in [6, 6.07) is 8.11. The predicted octanol–water partition coefficient (Wildman–Crippen LogP) is 2.52. The molecule has 0 fully saturated rings. The normalized spacial score (nSPS) is 19.6. The van der Waals surface area contributed by atoms with Crippen molar-refractivity contribution < 1.29 is 4.74 Å². The molecule has 4 heteroatoms. The molecular formula is C13H18N2OS. The number of methoxy groups -OCH3 is 1. The summed E-state index contributed by atoms with van der Waals surface area (Å²) < 4.78 is 5.13. The number of thioether (sulfide) groups is 1. The zero-order valence-electron chi connectivity index (χ0n) is 10.3. The average molecular weight is 250 g/mol. The Kier molecular flexibility index (Phi) is 4.31. The molecule has 0 bridgehead atoms. The molecule has 1 aliphatic heterocycles. The predicted molar refractivity (Wildman–Crippen MR) is 73.8 cm³/mol. The van der Waals surface area contributed by atoms with Gasteiger partial charge in [-0.05, 0) is 23.6 Å². The maximum Gasteiger partial charge on any atom is 0.156 e. The number of rotatable bonds is 3. The number of nitrogens with zero attached hydrogens (tertiary/aromatic N) is 1. The third-order valence-electron chi connectivity index (χ3n) is 2.65. The highest BCUT2D eigenvalue weighted by atomic mass is 32.2. The lowest BCUT2D eigenvalue weighted by molar-refractivity contribution is 0.414. The van der Waals surface area contributed by atoms with Crippen LogP contribution in [0, 0.1) is 5.92 Å². The maximum atomic E-state index is 5.13. The van der Waals surface area contributed by atoms with E-state index in [1.807, 2.05) is 23.9 Å². The van der Waals surface area contributed by atoms with E-state index in [2.05, 4.69) is 29.4 Å². The molecule has 0 spiro atoms. The molecule has 1 unspecified atom stereocenters. The van der Waals surface area contributed by atoms with Crippen LogP contribution in [0.1, 0.15) is 12.5 Å². The van der Waals surface area contributed by atoms with Crippen molar-refractivity contribution >= 4 is 16.9 Å². The Morgan fingerprint density at radius 2 is 2.18 bits per heavy atom. The Hall–Kier alpha value is -1.16. The first-order valence-corrected chi connectivity index (χ1v) is 6.80. The summed E-state index contributed by atoms with van der Waals surface area (Å²) in [4.78, 5) is 4.50. The highest BCUT2D eigenvalue weighted by Gasteiger charge is 2.11. The Morgan fingerprint density at radius 3 is 2.76 bits per heavy atom. The zero-order chi connectivity index (χ0) is 12.1. The first-order chi connectivity index (χ1) is 8.28. The van der Waals surface area contributed by atoms with E-state index in [0.29, 0.717) is 5.92 Å². The quantitative estimate of drug-likeness (QED) is 0.895. The third-order valence-corrected chi connectivity index (χ3v) is 3.94. The number of ether oxygens (including phenoxy) is 1. The van der Waals surface area contributed by atoms with E-state index >= 15 is 0 Å². The molecule has 1 aliphatic rings. The molecule has 1 aromatic rings. The van der Waals surface area contributed by atoms with Gasteiger partial charge in [0.1, 0.15) is 5.75 Å². The van der Waals surface area contributed by atoms with E-state index in [4.69, 9.17) is 4.74 Å². The molecule has 1 N–H and O–H groups in total. The fourth-order valence-electron chi connectivity index (χ4n) is 1.59. The van der Waals surface area contributed by atoms with Crippen molar-refractivity contribution in [2.24, 2.45) is 10.9 Å². The summed E-state index contributed by atoms with van der Waals surface area (Å²) in [6.07, 6.45) is 0. The molecule has 0 amide bonds. The topological polar surface area (TPSA) is 33.6 Å². The molecule has 0 aliphatic carbocycles. The summed E-state index contributed by atoms with van der Waals surface area (Å²) in [7, 11) is 1.68. The van der Waals surface area contributed by atoms with E-state index in [9.17, 15) is 0 Å². The lowest BCUT2D eigenvalue weighted by atomic mass is 10.2. The molecule has 3 nitrogen and oxygen atoms in total. The largest absolute Gasteiger partial charge is 0.497 e. The Labute approximate surface area is 107 Å². The van der Waals surface area contributed by atoms with Crippen LogP contribution in [0.3, 0.4) is 0 Å². The van der Waals surface area contributed by atoms with Gasteiger partial charge in [-0.2, -0.15) is 0 Å². The van der Waals surface area contributed by atoms with Gasteiger partial charge in [-0.1, -0.05) is 30.8 Å². The van der Waals surface area contributed by atoms with Gasteiger partial charge >= 0.3 is 0 Å². The summed E-state index contributed by atoms with van der Waals surface area (Å²) in [5.74, 6) is 2.76. The summed E-state index contributed by atoms with van der Waals surface area (Å²) in [6.45, 7) is 4.00. The second-order valence-electron chi connectivity index (χ2n) is 4.26.